The average molecular weight is 352 g/mol. The molecule has 1 N–H and O–H groups in total. The summed E-state index contributed by atoms with van der Waals surface area (Å²) in [5.41, 5.74) is 0.0309. The van der Waals surface area contributed by atoms with Crippen LogP contribution in [0, 0.1) is 0 Å². The Labute approximate surface area is 141 Å². The van der Waals surface area contributed by atoms with Gasteiger partial charge in [0.1, 0.15) is 0 Å². The molecule has 0 aliphatic carbocycles. The highest BCUT2D eigenvalue weighted by molar-refractivity contribution is 7.90. The van der Waals surface area contributed by atoms with Gasteiger partial charge in [-0.15, -0.1) is 0 Å². The minimum atomic E-state index is -4.30. The molecule has 0 unspecified atom stereocenters. The highest BCUT2D eigenvalue weighted by Gasteiger charge is 2.28. The van der Waals surface area contributed by atoms with Gasteiger partial charge >= 0.3 is 10.0 Å². The zero-order chi connectivity index (χ0) is 18.1. The second kappa shape index (κ2) is 6.37. The van der Waals surface area contributed by atoms with Gasteiger partial charge in [0, 0.05) is 16.0 Å². The lowest BCUT2D eigenvalue weighted by atomic mass is 10.0. The van der Waals surface area contributed by atoms with Gasteiger partial charge in [-0.3, -0.25) is 0 Å². The molecular formula is C16H20N2O5S. The summed E-state index contributed by atoms with van der Waals surface area (Å²) in [4.78, 5) is 0. The Morgan fingerprint density at radius 2 is 1.92 bits per heavy atom. The molecule has 0 spiro atoms. The van der Waals surface area contributed by atoms with E-state index in [2.05, 4.69) is 4.40 Å². The van der Waals surface area contributed by atoms with E-state index in [9.17, 15) is 18.6 Å². The number of hydrogen-bond acceptors (Lipinski definition) is 5. The molecule has 0 saturated heterocycles. The molecule has 2 aromatic heterocycles. The van der Waals surface area contributed by atoms with Crippen LogP contribution in [0.3, 0.4) is 0 Å². The molecule has 0 fully saturated rings. The first-order valence-corrected chi connectivity index (χ1v) is 8.79. The molecule has 130 valence electrons. The number of furan rings is 1. The van der Waals surface area contributed by atoms with Crippen molar-refractivity contribution in [3.05, 3.63) is 48.0 Å². The summed E-state index contributed by atoms with van der Waals surface area (Å²) in [6, 6.07) is 3.65. The molecule has 24 heavy (non-hydrogen) atoms. The first-order chi connectivity index (χ1) is 11.0. The lowest BCUT2D eigenvalue weighted by Gasteiger charge is -2.13. The Morgan fingerprint density at radius 1 is 1.33 bits per heavy atom. The second-order valence-corrected chi connectivity index (χ2v) is 7.79. The zero-order valence-electron chi connectivity index (χ0n) is 13.9. The molecule has 0 bridgehead atoms. The average Bonchev–Trinajstić information content (AvgIpc) is 2.97. The lowest BCUT2D eigenvalue weighted by molar-refractivity contribution is -0.614. The van der Waals surface area contributed by atoms with E-state index in [0.717, 1.165) is 22.5 Å². The first kappa shape index (κ1) is 18.2. The summed E-state index contributed by atoms with van der Waals surface area (Å²) in [5, 5.41) is 21.4. The number of rotatable bonds is 4. The predicted molar refractivity (Wildman–Crippen MR) is 84.7 cm³/mol. The summed E-state index contributed by atoms with van der Waals surface area (Å²) in [7, 11) is -4.30. The van der Waals surface area contributed by atoms with Gasteiger partial charge in [0.25, 0.3) is 11.1 Å². The summed E-state index contributed by atoms with van der Waals surface area (Å²) in [6.07, 6.45) is 4.04. The molecule has 2 heterocycles. The Bertz CT molecular complexity index is 843. The van der Waals surface area contributed by atoms with Crippen LogP contribution in [-0.4, -0.2) is 19.5 Å². The van der Waals surface area contributed by atoms with Crippen molar-refractivity contribution in [2.45, 2.75) is 44.3 Å². The molecule has 0 aliphatic heterocycles. The van der Waals surface area contributed by atoms with Crippen LogP contribution in [-0.2, 0) is 15.6 Å². The van der Waals surface area contributed by atoms with Crippen molar-refractivity contribution >= 4 is 16.0 Å². The van der Waals surface area contributed by atoms with Crippen LogP contribution < -0.4 is 9.67 Å². The topological polar surface area (TPSA) is 107 Å². The van der Waals surface area contributed by atoms with Gasteiger partial charge in [-0.2, -0.15) is 8.42 Å². The number of aliphatic hydroxyl groups is 1. The number of aromatic nitrogens is 1. The van der Waals surface area contributed by atoms with Gasteiger partial charge in [-0.05, 0) is 37.5 Å². The standard InChI is InChI=1S/C16H20N2O5S/c1-11(2)12-5-7-18(8-6-12)15(19)17-24(21,22)14-9-13(10-23-14)16(3,4)20/h5-11,20H,1-4H3. The Hall–Kier alpha value is -2.19. The van der Waals surface area contributed by atoms with E-state index in [1.807, 2.05) is 13.8 Å². The normalized spacial score (nSPS) is 13.5. The van der Waals surface area contributed by atoms with Crippen molar-refractivity contribution in [1.29, 1.82) is 0 Å². The molecule has 8 heteroatoms. The Balaban J connectivity index is 2.32. The maximum absolute atomic E-state index is 12.2. The smallest absolute Gasteiger partial charge is 0.402 e. The minimum Gasteiger partial charge on any atom is -0.806 e. The van der Waals surface area contributed by atoms with E-state index < -0.39 is 26.7 Å². The molecule has 0 atom stereocenters. The summed E-state index contributed by atoms with van der Waals surface area (Å²) in [5.74, 6) is 0.291. The minimum absolute atomic E-state index is 0.276. The van der Waals surface area contributed by atoms with Gasteiger partial charge in [-0.25, -0.2) is 4.57 Å². The maximum atomic E-state index is 12.2. The molecule has 2 aromatic rings. The van der Waals surface area contributed by atoms with Crippen LogP contribution in [0.1, 0.15) is 44.7 Å². The zero-order valence-corrected chi connectivity index (χ0v) is 14.7. The predicted octanol–water partition coefficient (Wildman–Crippen LogP) is 0.871. The SMILES string of the molecule is CC(C)c1cc[n+](C([O-])=NS(=O)(=O)c2cc(C(C)(C)O)co2)cc1. The van der Waals surface area contributed by atoms with E-state index >= 15 is 0 Å². The summed E-state index contributed by atoms with van der Waals surface area (Å²) in [6.45, 7) is 6.99. The molecule has 0 aliphatic rings. The van der Waals surface area contributed by atoms with Crippen molar-refractivity contribution < 1.29 is 27.6 Å². The number of nitrogens with zero attached hydrogens (tertiary/aromatic N) is 2. The van der Waals surface area contributed by atoms with Crippen molar-refractivity contribution in [3.8, 4) is 0 Å². The van der Waals surface area contributed by atoms with Crippen molar-refractivity contribution in [1.82, 2.24) is 0 Å². The second-order valence-electron chi connectivity index (χ2n) is 6.26. The number of sulfonamides is 1. The monoisotopic (exact) mass is 352 g/mol. The fourth-order valence-corrected chi connectivity index (χ4v) is 2.75. The molecule has 0 saturated carbocycles. The fraction of sp³-hybridized carbons (Fsp3) is 0.375. The third kappa shape index (κ3) is 4.01. The van der Waals surface area contributed by atoms with Crippen molar-refractivity contribution in [3.63, 3.8) is 0 Å². The van der Waals surface area contributed by atoms with Gasteiger partial charge in [0.15, 0.2) is 0 Å². The molecule has 0 radical (unpaired) electrons. The lowest BCUT2D eigenvalue weighted by Crippen LogP contribution is -2.50. The van der Waals surface area contributed by atoms with E-state index in [0.29, 0.717) is 5.92 Å². The van der Waals surface area contributed by atoms with Crippen LogP contribution in [0.4, 0.5) is 0 Å². The first-order valence-electron chi connectivity index (χ1n) is 7.35. The number of hydrogen-bond donors (Lipinski definition) is 1. The maximum Gasteiger partial charge on any atom is 0.402 e. The molecule has 0 aromatic carbocycles. The third-order valence-corrected chi connectivity index (χ3v) is 4.60. The summed E-state index contributed by atoms with van der Waals surface area (Å²) >= 11 is 0. The van der Waals surface area contributed by atoms with Crippen LogP contribution in [0.5, 0.6) is 0 Å². The quantitative estimate of drug-likeness (QED) is 0.499. The molecule has 2 rings (SSSR count). The van der Waals surface area contributed by atoms with Gasteiger partial charge in [0.2, 0.25) is 0 Å². The fourth-order valence-electron chi connectivity index (χ4n) is 1.92. The van der Waals surface area contributed by atoms with Crippen LogP contribution >= 0.6 is 0 Å². The van der Waals surface area contributed by atoms with Gasteiger partial charge in [0.05, 0.1) is 24.3 Å². The van der Waals surface area contributed by atoms with Gasteiger partial charge < -0.3 is 14.6 Å². The molecular weight excluding hydrogens is 332 g/mol. The third-order valence-electron chi connectivity index (χ3n) is 3.48. The van der Waals surface area contributed by atoms with E-state index in [1.54, 1.807) is 12.1 Å². The van der Waals surface area contributed by atoms with Crippen molar-refractivity contribution in [2.75, 3.05) is 0 Å². The highest BCUT2D eigenvalue weighted by atomic mass is 32.2. The number of pyridine rings is 1. The van der Waals surface area contributed by atoms with E-state index in [4.69, 9.17) is 4.42 Å². The van der Waals surface area contributed by atoms with Crippen molar-refractivity contribution in [2.24, 2.45) is 4.40 Å². The summed E-state index contributed by atoms with van der Waals surface area (Å²) < 4.78 is 33.6. The Morgan fingerprint density at radius 3 is 2.38 bits per heavy atom. The highest BCUT2D eigenvalue weighted by Crippen LogP contribution is 2.25. The van der Waals surface area contributed by atoms with Gasteiger partial charge in [-0.1, -0.05) is 13.8 Å². The van der Waals surface area contributed by atoms with Crippen LogP contribution in [0.15, 0.2) is 50.8 Å². The van der Waals surface area contributed by atoms with Crippen LogP contribution in [0.25, 0.3) is 0 Å². The molecule has 0 amide bonds. The Kier molecular flexibility index (Phi) is 4.82. The van der Waals surface area contributed by atoms with E-state index in [1.165, 1.54) is 26.2 Å². The van der Waals surface area contributed by atoms with Crippen LogP contribution in [0.2, 0.25) is 0 Å². The largest absolute Gasteiger partial charge is 0.806 e. The van der Waals surface area contributed by atoms with E-state index in [-0.39, 0.29) is 5.56 Å². The molecule has 7 nitrogen and oxygen atoms in total.